The van der Waals surface area contributed by atoms with Crippen molar-refractivity contribution >= 4 is 31.4 Å². The first-order valence-corrected chi connectivity index (χ1v) is 9.88. The quantitative estimate of drug-likeness (QED) is 0.282. The highest BCUT2D eigenvalue weighted by molar-refractivity contribution is 6.74. The van der Waals surface area contributed by atoms with E-state index in [-0.39, 0.29) is 21.8 Å². The van der Waals surface area contributed by atoms with Gasteiger partial charge >= 0.3 is 5.69 Å². The van der Waals surface area contributed by atoms with E-state index < -0.39 is 13.2 Å². The molecule has 21 heavy (non-hydrogen) atoms. The van der Waals surface area contributed by atoms with Crippen molar-refractivity contribution in [3.63, 3.8) is 0 Å². The summed E-state index contributed by atoms with van der Waals surface area (Å²) < 4.78 is 5.98. The molecule has 0 amide bonds. The fourth-order valence-electron chi connectivity index (χ4n) is 1.31. The molecule has 0 saturated carbocycles. The van der Waals surface area contributed by atoms with Crippen LogP contribution < -0.4 is 5.32 Å². The molecule has 1 rings (SSSR count). The molecule has 0 radical (unpaired) electrons. The number of nitrogens with one attached hydrogen (secondary N) is 1. The van der Waals surface area contributed by atoms with Crippen molar-refractivity contribution in [2.75, 3.05) is 18.5 Å². The summed E-state index contributed by atoms with van der Waals surface area (Å²) in [6.45, 7) is 11.6. The van der Waals surface area contributed by atoms with Crippen molar-refractivity contribution in [3.05, 3.63) is 21.6 Å². The minimum atomic E-state index is -1.82. The van der Waals surface area contributed by atoms with Gasteiger partial charge < -0.3 is 9.74 Å². The average Bonchev–Trinajstić information content (AvgIpc) is 2.33. The number of aromatic nitrogens is 2. The second-order valence-electron chi connectivity index (χ2n) is 6.17. The van der Waals surface area contributed by atoms with Crippen LogP contribution in [0.2, 0.25) is 23.4 Å². The largest absolute Gasteiger partial charge is 0.415 e. The van der Waals surface area contributed by atoms with Gasteiger partial charge in [-0.3, -0.25) is 10.1 Å². The summed E-state index contributed by atoms with van der Waals surface area (Å²) >= 11 is 5.66. The molecule has 1 heterocycles. The van der Waals surface area contributed by atoms with E-state index in [9.17, 15) is 10.1 Å². The predicted octanol–water partition coefficient (Wildman–Crippen LogP) is 3.47. The number of anilines is 1. The lowest BCUT2D eigenvalue weighted by Gasteiger charge is -2.36. The van der Waals surface area contributed by atoms with Gasteiger partial charge in [-0.15, -0.1) is 0 Å². The summed E-state index contributed by atoms with van der Waals surface area (Å²) in [4.78, 5) is 17.8. The Hall–Kier alpha value is -1.25. The number of nitro groups is 1. The molecular formula is C12H21ClN4O3Si. The van der Waals surface area contributed by atoms with Gasteiger partial charge in [0.05, 0.1) is 11.5 Å². The highest BCUT2D eigenvalue weighted by atomic mass is 35.5. The SMILES string of the molecule is CC(C)(C)[Si](C)(C)OCCNc1nc(Cl)ncc1[N+](=O)[O-]. The lowest BCUT2D eigenvalue weighted by atomic mass is 10.2. The van der Waals surface area contributed by atoms with Crippen molar-refractivity contribution in [2.24, 2.45) is 0 Å². The van der Waals surface area contributed by atoms with Gasteiger partial charge in [0, 0.05) is 6.54 Å². The first-order valence-electron chi connectivity index (χ1n) is 6.59. The number of halogens is 1. The monoisotopic (exact) mass is 332 g/mol. The van der Waals surface area contributed by atoms with E-state index >= 15 is 0 Å². The van der Waals surface area contributed by atoms with E-state index in [0.29, 0.717) is 13.2 Å². The highest BCUT2D eigenvalue weighted by Gasteiger charge is 2.36. The second-order valence-corrected chi connectivity index (χ2v) is 11.3. The van der Waals surface area contributed by atoms with Crippen molar-refractivity contribution in [2.45, 2.75) is 38.9 Å². The van der Waals surface area contributed by atoms with Gasteiger partial charge in [0.25, 0.3) is 0 Å². The van der Waals surface area contributed by atoms with Crippen LogP contribution >= 0.6 is 11.6 Å². The summed E-state index contributed by atoms with van der Waals surface area (Å²) in [7, 11) is -1.82. The highest BCUT2D eigenvalue weighted by Crippen LogP contribution is 2.36. The third-order valence-electron chi connectivity index (χ3n) is 3.60. The van der Waals surface area contributed by atoms with Crippen molar-refractivity contribution in [3.8, 4) is 0 Å². The maximum Gasteiger partial charge on any atom is 0.329 e. The van der Waals surface area contributed by atoms with Gasteiger partial charge in [-0.1, -0.05) is 20.8 Å². The fraction of sp³-hybridized carbons (Fsp3) is 0.667. The Kier molecular flexibility index (Phi) is 5.65. The minimum absolute atomic E-state index is 0.0339. The zero-order chi connectivity index (χ0) is 16.3. The van der Waals surface area contributed by atoms with Crippen LogP contribution in [0.4, 0.5) is 11.5 Å². The predicted molar refractivity (Wildman–Crippen MR) is 85.3 cm³/mol. The smallest absolute Gasteiger partial charge is 0.329 e. The number of hydrogen-bond acceptors (Lipinski definition) is 6. The Morgan fingerprint density at radius 2 is 2.10 bits per heavy atom. The Labute approximate surface area is 130 Å². The molecule has 0 bridgehead atoms. The molecular weight excluding hydrogens is 312 g/mol. The maximum absolute atomic E-state index is 10.9. The Morgan fingerprint density at radius 1 is 1.48 bits per heavy atom. The molecule has 0 aliphatic rings. The van der Waals surface area contributed by atoms with E-state index in [0.717, 1.165) is 6.20 Å². The topological polar surface area (TPSA) is 90.2 Å². The van der Waals surface area contributed by atoms with Crippen LogP contribution in [0.3, 0.4) is 0 Å². The normalized spacial score (nSPS) is 12.3. The van der Waals surface area contributed by atoms with Gasteiger partial charge in [-0.05, 0) is 29.7 Å². The second kappa shape index (κ2) is 6.67. The summed E-state index contributed by atoms with van der Waals surface area (Å²) in [5, 5.41) is 13.8. The van der Waals surface area contributed by atoms with Crippen LogP contribution in [0.25, 0.3) is 0 Å². The molecule has 0 saturated heterocycles. The average molecular weight is 333 g/mol. The molecule has 9 heteroatoms. The fourth-order valence-corrected chi connectivity index (χ4v) is 2.49. The summed E-state index contributed by atoms with van der Waals surface area (Å²) in [6, 6.07) is 0. The zero-order valence-electron chi connectivity index (χ0n) is 12.9. The molecule has 7 nitrogen and oxygen atoms in total. The molecule has 0 unspecified atom stereocenters. The molecule has 0 atom stereocenters. The van der Waals surface area contributed by atoms with Gasteiger partial charge in [-0.25, -0.2) is 4.98 Å². The zero-order valence-corrected chi connectivity index (χ0v) is 14.7. The molecule has 0 spiro atoms. The van der Waals surface area contributed by atoms with Crippen LogP contribution in [0.1, 0.15) is 20.8 Å². The maximum atomic E-state index is 10.9. The Balaban J connectivity index is 2.61. The van der Waals surface area contributed by atoms with Crippen LogP contribution in [0.5, 0.6) is 0 Å². The van der Waals surface area contributed by atoms with Gasteiger partial charge in [0.2, 0.25) is 11.1 Å². The van der Waals surface area contributed by atoms with Gasteiger partial charge in [0.1, 0.15) is 6.20 Å². The van der Waals surface area contributed by atoms with Crippen LogP contribution in [-0.4, -0.2) is 36.4 Å². The third kappa shape index (κ3) is 4.90. The molecule has 1 N–H and O–H groups in total. The van der Waals surface area contributed by atoms with Crippen LogP contribution in [0.15, 0.2) is 6.20 Å². The lowest BCUT2D eigenvalue weighted by molar-refractivity contribution is -0.384. The van der Waals surface area contributed by atoms with E-state index in [1.807, 2.05) is 0 Å². The standard InChI is InChI=1S/C12H21ClN4O3Si/c1-12(2,3)21(4,5)20-7-6-14-10-9(17(18)19)8-15-11(13)16-10/h8H,6-7H2,1-5H3,(H,14,15,16). The van der Waals surface area contributed by atoms with E-state index in [4.69, 9.17) is 16.0 Å². The molecule has 0 aromatic carbocycles. The molecule has 1 aromatic rings. The van der Waals surface area contributed by atoms with Crippen LogP contribution in [-0.2, 0) is 4.43 Å². The van der Waals surface area contributed by atoms with Gasteiger partial charge in [-0.2, -0.15) is 4.98 Å². The van der Waals surface area contributed by atoms with E-state index in [2.05, 4.69) is 49.1 Å². The lowest BCUT2D eigenvalue weighted by Crippen LogP contribution is -2.41. The minimum Gasteiger partial charge on any atom is -0.415 e. The van der Waals surface area contributed by atoms with Gasteiger partial charge in [0.15, 0.2) is 8.32 Å². The number of nitrogens with zero attached hydrogens (tertiary/aromatic N) is 3. The first-order chi connectivity index (χ1) is 9.54. The van der Waals surface area contributed by atoms with E-state index in [1.54, 1.807) is 0 Å². The molecule has 118 valence electrons. The van der Waals surface area contributed by atoms with Crippen molar-refractivity contribution in [1.82, 2.24) is 9.97 Å². The van der Waals surface area contributed by atoms with Crippen LogP contribution in [0, 0.1) is 10.1 Å². The summed E-state index contributed by atoms with van der Waals surface area (Å²) in [5.74, 6) is 0.110. The Bertz CT molecular complexity index is 520. The van der Waals surface area contributed by atoms with Crippen molar-refractivity contribution < 1.29 is 9.35 Å². The molecule has 0 aliphatic carbocycles. The molecule has 1 aromatic heterocycles. The molecule has 0 aliphatic heterocycles. The number of hydrogen-bond donors (Lipinski definition) is 1. The number of rotatable bonds is 6. The van der Waals surface area contributed by atoms with E-state index in [1.165, 1.54) is 0 Å². The van der Waals surface area contributed by atoms with Crippen molar-refractivity contribution in [1.29, 1.82) is 0 Å². The Morgan fingerprint density at radius 3 is 2.62 bits per heavy atom. The summed E-state index contributed by atoms with van der Waals surface area (Å²) in [5.41, 5.74) is -0.202. The summed E-state index contributed by atoms with van der Waals surface area (Å²) in [6.07, 6.45) is 1.09. The third-order valence-corrected chi connectivity index (χ3v) is 8.32. The first kappa shape index (κ1) is 17.8. The molecule has 0 fully saturated rings.